The minimum absolute atomic E-state index is 0.318. The van der Waals surface area contributed by atoms with Crippen molar-refractivity contribution in [2.75, 3.05) is 12.4 Å². The Morgan fingerprint density at radius 2 is 2.09 bits per heavy atom. The topological polar surface area (TPSA) is 64.1 Å². The van der Waals surface area contributed by atoms with Gasteiger partial charge in [-0.3, -0.25) is 10.1 Å². The van der Waals surface area contributed by atoms with Crippen LogP contribution in [0.2, 0.25) is 0 Å². The highest BCUT2D eigenvalue weighted by Gasteiger charge is 2.14. The number of carbonyl (C=O) groups is 1. The fraction of sp³-hybridized carbons (Fsp3) is 0.133. The Balaban J connectivity index is 1.83. The number of amides is 1. The molecule has 118 valence electrons. The van der Waals surface area contributed by atoms with E-state index in [4.69, 9.17) is 4.74 Å². The number of ether oxygens (including phenoxy) is 1. The molecule has 0 aliphatic carbocycles. The summed E-state index contributed by atoms with van der Waals surface area (Å²) in [7, 11) is 1.51. The molecule has 0 radical (unpaired) electrons. The van der Waals surface area contributed by atoms with E-state index in [-0.39, 0.29) is 11.7 Å². The summed E-state index contributed by atoms with van der Waals surface area (Å²) in [4.78, 5) is 20.5. The van der Waals surface area contributed by atoms with Crippen molar-refractivity contribution in [3.05, 3.63) is 45.5 Å². The van der Waals surface area contributed by atoms with Crippen molar-refractivity contribution in [1.82, 2.24) is 9.97 Å². The van der Waals surface area contributed by atoms with Gasteiger partial charge in [0.25, 0.3) is 5.91 Å². The second-order valence-corrected chi connectivity index (χ2v) is 6.51. The third-order valence-electron chi connectivity index (χ3n) is 3.01. The van der Waals surface area contributed by atoms with Crippen molar-refractivity contribution in [1.29, 1.82) is 0 Å². The molecule has 0 fully saturated rings. The number of methoxy groups -OCH3 is 1. The number of aromatic nitrogens is 2. The predicted octanol–water partition coefficient (Wildman–Crippen LogP) is 3.98. The minimum atomic E-state index is -0.377. The van der Waals surface area contributed by atoms with Crippen LogP contribution in [-0.2, 0) is 0 Å². The molecular weight excluding hydrogens is 337 g/mol. The maximum Gasteiger partial charge on any atom is 0.276 e. The number of hydrogen-bond donors (Lipinski definition) is 1. The van der Waals surface area contributed by atoms with Crippen LogP contribution in [-0.4, -0.2) is 23.0 Å². The summed E-state index contributed by atoms with van der Waals surface area (Å²) in [6.07, 6.45) is 0. The third kappa shape index (κ3) is 3.38. The molecular formula is C15H12FN3O2S2. The number of aryl methyl sites for hydroxylation is 1. The lowest BCUT2D eigenvalue weighted by molar-refractivity contribution is 0.102. The number of benzene rings is 1. The standard InChI is InChI=1S/C15H12FN3O2S2/c1-8-17-12(7-22-8)14(20)19-15-18-11(6-23-15)10-5-9(16)3-4-13(10)21-2/h3-7H,1-2H3,(H,18,19,20). The number of nitrogens with one attached hydrogen (secondary N) is 1. The van der Waals surface area contributed by atoms with Crippen molar-refractivity contribution in [2.45, 2.75) is 6.92 Å². The van der Waals surface area contributed by atoms with Crippen molar-refractivity contribution in [2.24, 2.45) is 0 Å². The third-order valence-corrected chi connectivity index (χ3v) is 4.55. The van der Waals surface area contributed by atoms with Gasteiger partial charge in [0.05, 0.1) is 17.8 Å². The molecule has 2 heterocycles. The lowest BCUT2D eigenvalue weighted by Crippen LogP contribution is -2.12. The number of thiazole rings is 2. The first kappa shape index (κ1) is 15.6. The Morgan fingerprint density at radius 3 is 2.78 bits per heavy atom. The molecule has 1 aromatic carbocycles. The number of rotatable bonds is 4. The molecule has 1 amide bonds. The van der Waals surface area contributed by atoms with Crippen LogP contribution in [0.3, 0.4) is 0 Å². The summed E-state index contributed by atoms with van der Waals surface area (Å²) in [6.45, 7) is 1.83. The van der Waals surface area contributed by atoms with Gasteiger partial charge in [-0.15, -0.1) is 22.7 Å². The highest BCUT2D eigenvalue weighted by molar-refractivity contribution is 7.14. The molecule has 3 rings (SSSR count). The highest BCUT2D eigenvalue weighted by atomic mass is 32.1. The summed E-state index contributed by atoms with van der Waals surface area (Å²) in [6, 6.07) is 4.21. The fourth-order valence-electron chi connectivity index (χ4n) is 1.96. The van der Waals surface area contributed by atoms with Crippen LogP contribution in [0.15, 0.2) is 29.0 Å². The zero-order valence-electron chi connectivity index (χ0n) is 12.3. The smallest absolute Gasteiger partial charge is 0.276 e. The maximum atomic E-state index is 13.5. The van der Waals surface area contributed by atoms with E-state index in [2.05, 4.69) is 15.3 Å². The molecule has 0 spiro atoms. The van der Waals surface area contributed by atoms with Gasteiger partial charge in [0, 0.05) is 16.3 Å². The normalized spacial score (nSPS) is 10.6. The molecule has 5 nitrogen and oxygen atoms in total. The monoisotopic (exact) mass is 349 g/mol. The maximum absolute atomic E-state index is 13.5. The van der Waals surface area contributed by atoms with Crippen LogP contribution in [0.1, 0.15) is 15.5 Å². The average Bonchev–Trinajstić information content (AvgIpc) is 3.16. The van der Waals surface area contributed by atoms with E-state index >= 15 is 0 Å². The Labute approximate surface area is 139 Å². The molecule has 3 aromatic rings. The summed E-state index contributed by atoms with van der Waals surface area (Å²) in [5.74, 6) is -0.177. The molecule has 2 aromatic heterocycles. The SMILES string of the molecule is COc1ccc(F)cc1-c1csc(NC(=O)c2csc(C)n2)n1. The molecule has 0 atom stereocenters. The van der Waals surface area contributed by atoms with E-state index in [1.807, 2.05) is 6.92 Å². The van der Waals surface area contributed by atoms with Gasteiger partial charge in [0.2, 0.25) is 0 Å². The Bertz CT molecular complexity index is 860. The molecule has 8 heteroatoms. The van der Waals surface area contributed by atoms with Gasteiger partial charge in [-0.05, 0) is 25.1 Å². The average molecular weight is 349 g/mol. The first-order valence-electron chi connectivity index (χ1n) is 6.59. The van der Waals surface area contributed by atoms with Gasteiger partial charge < -0.3 is 4.74 Å². The van der Waals surface area contributed by atoms with Crippen LogP contribution in [0.5, 0.6) is 5.75 Å². The zero-order valence-corrected chi connectivity index (χ0v) is 13.9. The molecule has 0 aliphatic rings. The van der Waals surface area contributed by atoms with Gasteiger partial charge in [0.1, 0.15) is 17.3 Å². The summed E-state index contributed by atoms with van der Waals surface area (Å²) in [5.41, 5.74) is 1.43. The predicted molar refractivity (Wildman–Crippen MR) is 88.9 cm³/mol. The Hall–Kier alpha value is -2.32. The first-order valence-corrected chi connectivity index (χ1v) is 8.35. The van der Waals surface area contributed by atoms with Crippen molar-refractivity contribution in [3.8, 4) is 17.0 Å². The number of halogens is 1. The number of carbonyl (C=O) groups excluding carboxylic acids is 1. The lowest BCUT2D eigenvalue weighted by Gasteiger charge is -2.05. The van der Waals surface area contributed by atoms with Crippen molar-refractivity contribution >= 4 is 33.7 Å². The number of nitrogens with zero attached hydrogens (tertiary/aromatic N) is 2. The molecule has 0 unspecified atom stereocenters. The van der Waals surface area contributed by atoms with Crippen LogP contribution in [0.25, 0.3) is 11.3 Å². The van der Waals surface area contributed by atoms with Gasteiger partial charge >= 0.3 is 0 Å². The zero-order chi connectivity index (χ0) is 16.4. The van der Waals surface area contributed by atoms with Gasteiger partial charge in [0.15, 0.2) is 5.13 Å². The molecule has 0 saturated carbocycles. The van der Waals surface area contributed by atoms with E-state index in [1.54, 1.807) is 16.8 Å². The second kappa shape index (κ2) is 6.43. The van der Waals surface area contributed by atoms with E-state index in [0.29, 0.717) is 27.8 Å². The van der Waals surface area contributed by atoms with Gasteiger partial charge in [-0.2, -0.15) is 0 Å². The van der Waals surface area contributed by atoms with E-state index < -0.39 is 0 Å². The number of hydrogen-bond acceptors (Lipinski definition) is 6. The first-order chi connectivity index (χ1) is 11.1. The van der Waals surface area contributed by atoms with Gasteiger partial charge in [-0.1, -0.05) is 0 Å². The highest BCUT2D eigenvalue weighted by Crippen LogP contribution is 2.32. The van der Waals surface area contributed by atoms with Crippen molar-refractivity contribution in [3.63, 3.8) is 0 Å². The molecule has 1 N–H and O–H groups in total. The van der Waals surface area contributed by atoms with Crippen LogP contribution in [0.4, 0.5) is 9.52 Å². The summed E-state index contributed by atoms with van der Waals surface area (Å²) < 4.78 is 18.7. The summed E-state index contributed by atoms with van der Waals surface area (Å²) in [5, 5.41) is 7.35. The van der Waals surface area contributed by atoms with Gasteiger partial charge in [-0.25, -0.2) is 14.4 Å². The van der Waals surface area contributed by atoms with Crippen molar-refractivity contribution < 1.29 is 13.9 Å². The Kier molecular flexibility index (Phi) is 4.35. The van der Waals surface area contributed by atoms with Crippen LogP contribution >= 0.6 is 22.7 Å². The second-order valence-electron chi connectivity index (χ2n) is 4.59. The quantitative estimate of drug-likeness (QED) is 0.774. The van der Waals surface area contributed by atoms with E-state index in [0.717, 1.165) is 5.01 Å². The fourth-order valence-corrected chi connectivity index (χ4v) is 3.26. The molecule has 0 aliphatic heterocycles. The van der Waals surface area contributed by atoms with Crippen LogP contribution in [0, 0.1) is 12.7 Å². The lowest BCUT2D eigenvalue weighted by atomic mass is 10.1. The summed E-state index contributed by atoms with van der Waals surface area (Å²) >= 11 is 2.66. The van der Waals surface area contributed by atoms with E-state index in [1.165, 1.54) is 41.9 Å². The largest absolute Gasteiger partial charge is 0.496 e. The molecule has 0 bridgehead atoms. The van der Waals surface area contributed by atoms with Crippen LogP contribution < -0.4 is 10.1 Å². The Morgan fingerprint density at radius 1 is 1.26 bits per heavy atom. The minimum Gasteiger partial charge on any atom is -0.496 e. The van der Waals surface area contributed by atoms with E-state index in [9.17, 15) is 9.18 Å². The molecule has 0 saturated heterocycles. The number of anilines is 1. The molecule has 23 heavy (non-hydrogen) atoms.